The summed E-state index contributed by atoms with van der Waals surface area (Å²) in [6, 6.07) is 0. The normalized spacial score (nSPS) is 30.5. The average Bonchev–Trinajstić information content (AvgIpc) is 2.53. The molecule has 17 heavy (non-hydrogen) atoms. The molecule has 2 saturated heterocycles. The lowest BCUT2D eigenvalue weighted by Crippen LogP contribution is -2.47. The minimum Gasteiger partial charge on any atom is -0.341 e. The number of carbonyl (C=O) groups excluding carboxylic acids is 3. The van der Waals surface area contributed by atoms with Gasteiger partial charge in [0.15, 0.2) is 0 Å². The monoisotopic (exact) mass is 258 g/mol. The topological polar surface area (TPSA) is 57.7 Å². The summed E-state index contributed by atoms with van der Waals surface area (Å²) in [5.74, 6) is -1.09. The quantitative estimate of drug-likeness (QED) is 0.494. The van der Waals surface area contributed by atoms with Crippen LogP contribution in [-0.4, -0.2) is 53.0 Å². The Balaban J connectivity index is 2.12. The Morgan fingerprint density at radius 2 is 1.94 bits per heavy atom. The highest BCUT2D eigenvalue weighted by atomic mass is 35.5. The fraction of sp³-hybridized carbons (Fsp3) is 0.727. The average molecular weight is 259 g/mol. The molecular formula is C11H15ClN2O3. The van der Waals surface area contributed by atoms with Gasteiger partial charge in [-0.15, -0.1) is 11.6 Å². The van der Waals surface area contributed by atoms with Crippen molar-refractivity contribution in [1.82, 2.24) is 9.80 Å². The molecule has 2 rings (SSSR count). The highest BCUT2D eigenvalue weighted by Crippen LogP contribution is 2.32. The van der Waals surface area contributed by atoms with Gasteiger partial charge in [0.05, 0.1) is 11.8 Å². The number of rotatable bonds is 1. The Bertz CT molecular complexity index is 383. The largest absolute Gasteiger partial charge is 0.341 e. The number of likely N-dealkylation sites (tertiary alicyclic amines) is 2. The first-order chi connectivity index (χ1) is 7.93. The van der Waals surface area contributed by atoms with Crippen LogP contribution in [0.4, 0.5) is 0 Å². The van der Waals surface area contributed by atoms with E-state index in [0.717, 1.165) is 0 Å². The van der Waals surface area contributed by atoms with Gasteiger partial charge in [0, 0.05) is 20.1 Å². The van der Waals surface area contributed by atoms with Gasteiger partial charge in [-0.25, -0.2) is 0 Å². The van der Waals surface area contributed by atoms with Gasteiger partial charge < -0.3 is 4.90 Å². The second-order valence-corrected chi connectivity index (χ2v) is 5.29. The second-order valence-electron chi connectivity index (χ2n) is 4.64. The summed E-state index contributed by atoms with van der Waals surface area (Å²) in [5.41, 5.74) is 0. The number of halogens is 1. The first kappa shape index (κ1) is 12.4. The van der Waals surface area contributed by atoms with E-state index >= 15 is 0 Å². The summed E-state index contributed by atoms with van der Waals surface area (Å²) < 4.78 is 0. The van der Waals surface area contributed by atoms with E-state index in [9.17, 15) is 14.4 Å². The zero-order valence-electron chi connectivity index (χ0n) is 9.85. The number of piperidine rings is 1. The SMILES string of the molecule is C[C@H](Cl)C(=O)N1CC[C@H]2C(=O)N(C)C(=O)[C@@H]2C1. The van der Waals surface area contributed by atoms with Crippen LogP contribution in [0.5, 0.6) is 0 Å². The van der Waals surface area contributed by atoms with Gasteiger partial charge >= 0.3 is 0 Å². The predicted molar refractivity (Wildman–Crippen MR) is 61.3 cm³/mol. The molecule has 0 aliphatic carbocycles. The number of carbonyl (C=O) groups is 3. The van der Waals surface area contributed by atoms with E-state index in [1.54, 1.807) is 11.8 Å². The summed E-state index contributed by atoms with van der Waals surface area (Å²) >= 11 is 5.74. The maximum absolute atomic E-state index is 11.8. The minimum atomic E-state index is -0.587. The molecule has 0 spiro atoms. The lowest BCUT2D eigenvalue weighted by atomic mass is 9.87. The molecule has 94 valence electrons. The van der Waals surface area contributed by atoms with Crippen LogP contribution in [0.25, 0.3) is 0 Å². The molecule has 0 bridgehead atoms. The molecule has 5 nitrogen and oxygen atoms in total. The molecule has 2 fully saturated rings. The van der Waals surface area contributed by atoms with Gasteiger partial charge in [-0.3, -0.25) is 19.3 Å². The molecule has 3 atom stereocenters. The van der Waals surface area contributed by atoms with Gasteiger partial charge in [-0.2, -0.15) is 0 Å². The molecule has 2 aliphatic heterocycles. The molecule has 0 radical (unpaired) electrons. The molecule has 0 aromatic rings. The van der Waals surface area contributed by atoms with Crippen molar-refractivity contribution in [3.05, 3.63) is 0 Å². The van der Waals surface area contributed by atoms with Crippen LogP contribution in [0.3, 0.4) is 0 Å². The first-order valence-electron chi connectivity index (χ1n) is 5.67. The standard InChI is InChI=1S/C11H15ClN2O3/c1-6(12)9(15)14-4-3-7-8(5-14)11(17)13(2)10(7)16/h6-8H,3-5H2,1-2H3/t6-,7+,8+/m0/s1. The molecule has 0 unspecified atom stereocenters. The van der Waals surface area contributed by atoms with Crippen molar-refractivity contribution >= 4 is 29.3 Å². The smallest absolute Gasteiger partial charge is 0.240 e. The van der Waals surface area contributed by atoms with Crippen LogP contribution >= 0.6 is 11.6 Å². The van der Waals surface area contributed by atoms with Crippen molar-refractivity contribution in [2.75, 3.05) is 20.1 Å². The number of nitrogens with zero attached hydrogens (tertiary/aromatic N) is 2. The summed E-state index contributed by atoms with van der Waals surface area (Å²) in [7, 11) is 1.50. The van der Waals surface area contributed by atoms with Crippen molar-refractivity contribution in [3.8, 4) is 0 Å². The van der Waals surface area contributed by atoms with Crippen molar-refractivity contribution in [1.29, 1.82) is 0 Å². The molecule has 0 aromatic heterocycles. The van der Waals surface area contributed by atoms with Crippen molar-refractivity contribution in [3.63, 3.8) is 0 Å². The third-order valence-corrected chi connectivity index (χ3v) is 3.75. The van der Waals surface area contributed by atoms with Crippen LogP contribution in [-0.2, 0) is 14.4 Å². The number of alkyl halides is 1. The van der Waals surface area contributed by atoms with E-state index in [1.807, 2.05) is 0 Å². The number of fused-ring (bicyclic) bond motifs is 1. The third-order valence-electron chi connectivity index (χ3n) is 3.56. The van der Waals surface area contributed by atoms with E-state index in [-0.39, 0.29) is 29.6 Å². The molecule has 0 N–H and O–H groups in total. The Morgan fingerprint density at radius 3 is 2.53 bits per heavy atom. The third kappa shape index (κ3) is 1.92. The fourth-order valence-corrected chi connectivity index (χ4v) is 2.69. The van der Waals surface area contributed by atoms with E-state index in [4.69, 9.17) is 11.6 Å². The maximum Gasteiger partial charge on any atom is 0.240 e. The summed E-state index contributed by atoms with van der Waals surface area (Å²) in [5, 5.41) is -0.587. The van der Waals surface area contributed by atoms with Gasteiger partial charge in [-0.05, 0) is 13.3 Å². The Hall–Kier alpha value is -1.10. The summed E-state index contributed by atoms with van der Waals surface area (Å²) in [6.45, 7) is 2.43. The highest BCUT2D eigenvalue weighted by molar-refractivity contribution is 6.30. The molecule has 0 aromatic carbocycles. The lowest BCUT2D eigenvalue weighted by Gasteiger charge is -2.33. The molecule has 0 saturated carbocycles. The predicted octanol–water partition coefficient (Wildman–Crippen LogP) is 0.0770. The van der Waals surface area contributed by atoms with Gasteiger partial charge in [0.2, 0.25) is 17.7 Å². The Kier molecular flexibility index (Phi) is 3.12. The minimum absolute atomic E-state index is 0.119. The molecule has 6 heteroatoms. The number of hydrogen-bond donors (Lipinski definition) is 0. The zero-order chi connectivity index (χ0) is 12.7. The van der Waals surface area contributed by atoms with Gasteiger partial charge in [-0.1, -0.05) is 0 Å². The van der Waals surface area contributed by atoms with Crippen LogP contribution in [0, 0.1) is 11.8 Å². The lowest BCUT2D eigenvalue weighted by molar-refractivity contribution is -0.138. The number of hydrogen-bond acceptors (Lipinski definition) is 3. The second kappa shape index (κ2) is 4.29. The Labute approximate surface area is 105 Å². The van der Waals surface area contributed by atoms with Crippen LogP contribution in [0.15, 0.2) is 0 Å². The van der Waals surface area contributed by atoms with Crippen molar-refractivity contribution < 1.29 is 14.4 Å². The van der Waals surface area contributed by atoms with Gasteiger partial charge in [0.25, 0.3) is 0 Å². The van der Waals surface area contributed by atoms with Gasteiger partial charge in [0.1, 0.15) is 5.38 Å². The van der Waals surface area contributed by atoms with E-state index in [1.165, 1.54) is 11.9 Å². The van der Waals surface area contributed by atoms with E-state index < -0.39 is 5.38 Å². The van der Waals surface area contributed by atoms with E-state index in [2.05, 4.69) is 0 Å². The van der Waals surface area contributed by atoms with Crippen LogP contribution in [0.1, 0.15) is 13.3 Å². The molecule has 2 aliphatic rings. The van der Waals surface area contributed by atoms with Crippen molar-refractivity contribution in [2.45, 2.75) is 18.7 Å². The highest BCUT2D eigenvalue weighted by Gasteiger charge is 2.49. The first-order valence-corrected chi connectivity index (χ1v) is 6.11. The van der Waals surface area contributed by atoms with Crippen LogP contribution in [0.2, 0.25) is 0 Å². The maximum atomic E-state index is 11.8. The van der Waals surface area contributed by atoms with Crippen LogP contribution < -0.4 is 0 Å². The number of imide groups is 1. The molecular weight excluding hydrogens is 244 g/mol. The summed E-state index contributed by atoms with van der Waals surface area (Å²) in [4.78, 5) is 38.1. The summed E-state index contributed by atoms with van der Waals surface area (Å²) in [6.07, 6.45) is 0.551. The van der Waals surface area contributed by atoms with E-state index in [0.29, 0.717) is 19.5 Å². The molecule has 3 amide bonds. The van der Waals surface area contributed by atoms with Crippen molar-refractivity contribution in [2.24, 2.45) is 11.8 Å². The Morgan fingerprint density at radius 1 is 1.35 bits per heavy atom. The fourth-order valence-electron chi connectivity index (χ4n) is 2.56. The molecule has 2 heterocycles. The zero-order valence-corrected chi connectivity index (χ0v) is 10.6. The number of amides is 3.